The number of sulfonamides is 1. The van der Waals surface area contributed by atoms with E-state index in [4.69, 9.17) is 11.6 Å². The van der Waals surface area contributed by atoms with Gasteiger partial charge in [-0.2, -0.15) is 0 Å². The lowest BCUT2D eigenvalue weighted by atomic mass is 10.1. The molecular formula is C30H34ClN3O4S. The Morgan fingerprint density at radius 2 is 1.51 bits per heavy atom. The first-order valence-electron chi connectivity index (χ1n) is 13.3. The van der Waals surface area contributed by atoms with Gasteiger partial charge in [0.2, 0.25) is 11.8 Å². The maximum atomic E-state index is 14.1. The molecule has 0 heterocycles. The Kier molecular flexibility index (Phi) is 9.64. The van der Waals surface area contributed by atoms with E-state index < -0.39 is 28.5 Å². The van der Waals surface area contributed by atoms with E-state index in [1.807, 2.05) is 37.3 Å². The summed E-state index contributed by atoms with van der Waals surface area (Å²) < 4.78 is 28.7. The van der Waals surface area contributed by atoms with E-state index in [2.05, 4.69) is 5.32 Å². The van der Waals surface area contributed by atoms with Crippen molar-refractivity contribution in [2.24, 2.45) is 0 Å². The molecule has 0 bridgehead atoms. The number of hydrogen-bond donors (Lipinski definition) is 1. The lowest BCUT2D eigenvalue weighted by Gasteiger charge is -2.34. The first-order valence-corrected chi connectivity index (χ1v) is 15.1. The number of amides is 2. The van der Waals surface area contributed by atoms with Crippen LogP contribution in [-0.2, 0) is 26.2 Å². The molecule has 0 aliphatic heterocycles. The number of nitrogens with one attached hydrogen (secondary N) is 1. The van der Waals surface area contributed by atoms with Gasteiger partial charge in [0.25, 0.3) is 10.0 Å². The molecule has 4 rings (SSSR count). The van der Waals surface area contributed by atoms with Gasteiger partial charge in [0.05, 0.1) is 15.6 Å². The van der Waals surface area contributed by atoms with Crippen LogP contribution in [-0.4, -0.2) is 43.8 Å². The van der Waals surface area contributed by atoms with E-state index in [9.17, 15) is 18.0 Å². The smallest absolute Gasteiger partial charge is 0.264 e. The van der Waals surface area contributed by atoms with E-state index >= 15 is 0 Å². The maximum absolute atomic E-state index is 14.1. The van der Waals surface area contributed by atoms with Crippen molar-refractivity contribution < 1.29 is 18.0 Å². The number of hydrogen-bond acceptors (Lipinski definition) is 4. The molecule has 1 saturated carbocycles. The standard InChI is InChI=1S/C30H34ClN3O4S/c1-2-27(30(36)32-24-15-9-10-16-24)33(21-23-13-5-3-6-14-23)29(35)22-34(28-20-12-11-19-26(28)31)39(37,38)25-17-7-4-8-18-25/h3-8,11-14,17-20,24,27H,2,9-10,15-16,21-22H2,1H3,(H,32,36). The van der Waals surface area contributed by atoms with Crippen LogP contribution < -0.4 is 9.62 Å². The summed E-state index contributed by atoms with van der Waals surface area (Å²) in [5.41, 5.74) is 1.03. The number of rotatable bonds is 11. The summed E-state index contributed by atoms with van der Waals surface area (Å²) in [6.07, 6.45) is 4.36. The highest BCUT2D eigenvalue weighted by atomic mass is 35.5. The van der Waals surface area contributed by atoms with Gasteiger partial charge in [-0.3, -0.25) is 13.9 Å². The van der Waals surface area contributed by atoms with E-state index in [1.54, 1.807) is 42.5 Å². The first kappa shape index (κ1) is 28.6. The summed E-state index contributed by atoms with van der Waals surface area (Å²) in [6.45, 7) is 1.51. The Labute approximate surface area is 235 Å². The van der Waals surface area contributed by atoms with Crippen LogP contribution in [0.1, 0.15) is 44.6 Å². The highest BCUT2D eigenvalue weighted by Gasteiger charge is 2.35. The molecule has 1 fully saturated rings. The van der Waals surface area contributed by atoms with Crippen LogP contribution in [0.5, 0.6) is 0 Å². The fraction of sp³-hybridized carbons (Fsp3) is 0.333. The number of anilines is 1. The van der Waals surface area contributed by atoms with Gasteiger partial charge >= 0.3 is 0 Å². The molecule has 9 heteroatoms. The number of halogens is 1. The lowest BCUT2D eigenvalue weighted by molar-refractivity contribution is -0.140. The van der Waals surface area contributed by atoms with Crippen molar-refractivity contribution in [1.29, 1.82) is 0 Å². The van der Waals surface area contributed by atoms with Crippen molar-refractivity contribution >= 4 is 39.1 Å². The molecule has 0 spiro atoms. The van der Waals surface area contributed by atoms with Crippen molar-refractivity contribution in [3.05, 3.63) is 95.5 Å². The number of nitrogens with zero attached hydrogens (tertiary/aromatic N) is 2. The van der Waals surface area contributed by atoms with Crippen LogP contribution in [0.2, 0.25) is 5.02 Å². The summed E-state index contributed by atoms with van der Waals surface area (Å²) in [4.78, 5) is 29.0. The van der Waals surface area contributed by atoms with Gasteiger partial charge < -0.3 is 10.2 Å². The number of para-hydroxylation sites is 1. The summed E-state index contributed by atoms with van der Waals surface area (Å²) in [5, 5.41) is 3.31. The average molecular weight is 568 g/mol. The molecule has 0 saturated heterocycles. The number of carbonyl (C=O) groups is 2. The lowest BCUT2D eigenvalue weighted by Crippen LogP contribution is -2.53. The molecular weight excluding hydrogens is 534 g/mol. The molecule has 1 aliphatic rings. The molecule has 0 aromatic heterocycles. The maximum Gasteiger partial charge on any atom is 0.264 e. The monoisotopic (exact) mass is 567 g/mol. The predicted molar refractivity (Wildman–Crippen MR) is 154 cm³/mol. The molecule has 206 valence electrons. The van der Waals surface area contributed by atoms with Crippen molar-refractivity contribution in [3.63, 3.8) is 0 Å². The van der Waals surface area contributed by atoms with Crippen LogP contribution in [0.3, 0.4) is 0 Å². The molecule has 3 aromatic rings. The minimum atomic E-state index is -4.15. The van der Waals surface area contributed by atoms with Crippen molar-refractivity contribution in [3.8, 4) is 0 Å². The normalized spacial score (nSPS) is 14.5. The SMILES string of the molecule is CCC(C(=O)NC1CCCC1)N(Cc1ccccc1)C(=O)CN(c1ccccc1Cl)S(=O)(=O)c1ccccc1. The van der Waals surface area contributed by atoms with E-state index in [1.165, 1.54) is 17.0 Å². The molecule has 1 atom stereocenters. The summed E-state index contributed by atoms with van der Waals surface area (Å²) in [5.74, 6) is -0.712. The molecule has 2 amide bonds. The van der Waals surface area contributed by atoms with Crippen LogP contribution in [0.25, 0.3) is 0 Å². The Morgan fingerprint density at radius 3 is 2.13 bits per heavy atom. The fourth-order valence-electron chi connectivity index (χ4n) is 4.95. The highest BCUT2D eigenvalue weighted by Crippen LogP contribution is 2.31. The molecule has 0 radical (unpaired) electrons. The van der Waals surface area contributed by atoms with Crippen molar-refractivity contribution in [2.45, 2.75) is 62.6 Å². The molecule has 3 aromatic carbocycles. The average Bonchev–Trinajstić information content (AvgIpc) is 3.46. The second-order valence-corrected chi connectivity index (χ2v) is 12.0. The van der Waals surface area contributed by atoms with Gasteiger partial charge in [0.1, 0.15) is 12.6 Å². The summed E-state index contributed by atoms with van der Waals surface area (Å²) >= 11 is 6.45. The first-order chi connectivity index (χ1) is 18.8. The van der Waals surface area contributed by atoms with Gasteiger partial charge in [0.15, 0.2) is 0 Å². The summed E-state index contributed by atoms with van der Waals surface area (Å²) in [7, 11) is -4.15. The van der Waals surface area contributed by atoms with Gasteiger partial charge in [-0.25, -0.2) is 8.42 Å². The Morgan fingerprint density at radius 1 is 0.923 bits per heavy atom. The number of carbonyl (C=O) groups excluding carboxylic acids is 2. The Balaban J connectivity index is 1.70. The molecule has 7 nitrogen and oxygen atoms in total. The van der Waals surface area contributed by atoms with Crippen LogP contribution in [0, 0.1) is 0 Å². The molecule has 39 heavy (non-hydrogen) atoms. The van der Waals surface area contributed by atoms with E-state index in [-0.39, 0.29) is 34.1 Å². The van der Waals surface area contributed by atoms with Crippen LogP contribution in [0.4, 0.5) is 5.69 Å². The van der Waals surface area contributed by atoms with Gasteiger partial charge in [-0.05, 0) is 49.1 Å². The second-order valence-electron chi connectivity index (χ2n) is 9.70. The molecule has 1 aliphatic carbocycles. The van der Waals surface area contributed by atoms with E-state index in [0.717, 1.165) is 35.6 Å². The topological polar surface area (TPSA) is 86.8 Å². The molecule has 1 unspecified atom stereocenters. The Hall–Kier alpha value is -3.36. The predicted octanol–water partition coefficient (Wildman–Crippen LogP) is 5.40. The quantitative estimate of drug-likeness (QED) is 0.336. The van der Waals surface area contributed by atoms with Crippen molar-refractivity contribution in [2.75, 3.05) is 10.8 Å². The zero-order chi connectivity index (χ0) is 27.8. The third-order valence-electron chi connectivity index (χ3n) is 7.01. The zero-order valence-electron chi connectivity index (χ0n) is 22.0. The van der Waals surface area contributed by atoms with Gasteiger partial charge in [-0.1, -0.05) is 92.0 Å². The summed E-state index contributed by atoms with van der Waals surface area (Å²) in [6, 6.07) is 23.2. The van der Waals surface area contributed by atoms with Crippen LogP contribution in [0.15, 0.2) is 89.8 Å². The minimum absolute atomic E-state index is 0.0401. The zero-order valence-corrected chi connectivity index (χ0v) is 23.6. The van der Waals surface area contributed by atoms with Crippen LogP contribution >= 0.6 is 11.6 Å². The highest BCUT2D eigenvalue weighted by molar-refractivity contribution is 7.92. The number of benzene rings is 3. The minimum Gasteiger partial charge on any atom is -0.352 e. The Bertz CT molecular complexity index is 1360. The van der Waals surface area contributed by atoms with Gasteiger partial charge in [0, 0.05) is 12.6 Å². The van der Waals surface area contributed by atoms with Gasteiger partial charge in [-0.15, -0.1) is 0 Å². The molecule has 1 N–H and O–H groups in total. The van der Waals surface area contributed by atoms with E-state index in [0.29, 0.717) is 6.42 Å². The fourth-order valence-corrected chi connectivity index (χ4v) is 6.70. The largest absolute Gasteiger partial charge is 0.352 e. The second kappa shape index (κ2) is 13.1. The third kappa shape index (κ3) is 6.99. The third-order valence-corrected chi connectivity index (χ3v) is 9.11. The van der Waals surface area contributed by atoms with Crippen molar-refractivity contribution in [1.82, 2.24) is 10.2 Å².